The van der Waals surface area contributed by atoms with Gasteiger partial charge in [0.05, 0.1) is 6.04 Å². The molecule has 9 nitrogen and oxygen atoms in total. The van der Waals surface area contributed by atoms with Crippen LogP contribution in [0.4, 0.5) is 0 Å². The summed E-state index contributed by atoms with van der Waals surface area (Å²) in [6.07, 6.45) is 2.76. The summed E-state index contributed by atoms with van der Waals surface area (Å²) in [6.45, 7) is 16.8. The summed E-state index contributed by atoms with van der Waals surface area (Å²) >= 11 is 0. The lowest BCUT2D eigenvalue weighted by atomic mass is 9.95. The standard InChI is InChI=1S/C36H63N5O4/c1-24(2)20-29(37-9)34(43)40(11)31(22-26(5)6)36(45)41(12)32(23-27(7)8)35(44)39(10)30(21-25(3)4)33(42)38-19-18-28-16-14-13-15-17-28/h13-17,24-27,29-32,37H,18-23H2,1-12H3,(H,38,42)/t29-,30+,31+,32+/m1/s1. The topological polar surface area (TPSA) is 102 Å². The molecule has 4 atom stereocenters. The van der Waals surface area contributed by atoms with Crippen molar-refractivity contribution in [2.24, 2.45) is 23.7 Å². The molecule has 0 aliphatic rings. The molecule has 0 saturated heterocycles. The fourth-order valence-electron chi connectivity index (χ4n) is 5.71. The fourth-order valence-corrected chi connectivity index (χ4v) is 5.71. The Morgan fingerprint density at radius 3 is 1.42 bits per heavy atom. The summed E-state index contributed by atoms with van der Waals surface area (Å²) in [5.74, 6) is -0.113. The van der Waals surface area contributed by atoms with E-state index in [1.807, 2.05) is 71.9 Å². The second kappa shape index (κ2) is 19.5. The van der Waals surface area contributed by atoms with Gasteiger partial charge in [-0.05, 0) is 68.4 Å². The third-order valence-corrected chi connectivity index (χ3v) is 8.31. The third-order valence-electron chi connectivity index (χ3n) is 8.31. The molecule has 0 spiro atoms. The number of nitrogens with zero attached hydrogens (tertiary/aromatic N) is 3. The Morgan fingerprint density at radius 2 is 1.00 bits per heavy atom. The van der Waals surface area contributed by atoms with Gasteiger partial charge in [0, 0.05) is 27.7 Å². The van der Waals surface area contributed by atoms with E-state index in [0.29, 0.717) is 44.6 Å². The number of carbonyl (C=O) groups excluding carboxylic acids is 4. The van der Waals surface area contributed by atoms with Crippen LogP contribution in [-0.2, 0) is 25.6 Å². The molecule has 1 aromatic rings. The van der Waals surface area contributed by atoms with E-state index in [1.165, 1.54) is 9.80 Å². The van der Waals surface area contributed by atoms with Crippen LogP contribution in [0.2, 0.25) is 0 Å². The van der Waals surface area contributed by atoms with Gasteiger partial charge in [-0.25, -0.2) is 0 Å². The van der Waals surface area contributed by atoms with Crippen LogP contribution in [-0.4, -0.2) is 97.2 Å². The Balaban J connectivity index is 3.29. The van der Waals surface area contributed by atoms with E-state index in [-0.39, 0.29) is 41.4 Å². The maximum Gasteiger partial charge on any atom is 0.245 e. The zero-order valence-electron chi connectivity index (χ0n) is 30.2. The molecular formula is C36H63N5O4. The van der Waals surface area contributed by atoms with Gasteiger partial charge in [0.2, 0.25) is 23.6 Å². The van der Waals surface area contributed by atoms with E-state index >= 15 is 0 Å². The van der Waals surface area contributed by atoms with Gasteiger partial charge in [0.1, 0.15) is 18.1 Å². The lowest BCUT2D eigenvalue weighted by Crippen LogP contribution is -2.59. The minimum Gasteiger partial charge on any atom is -0.354 e. The van der Waals surface area contributed by atoms with Crippen LogP contribution >= 0.6 is 0 Å². The van der Waals surface area contributed by atoms with Crippen molar-refractivity contribution < 1.29 is 19.2 Å². The molecule has 0 saturated carbocycles. The number of carbonyl (C=O) groups is 4. The number of nitrogens with one attached hydrogen (secondary N) is 2. The molecule has 0 aliphatic carbocycles. The number of benzene rings is 1. The highest BCUT2D eigenvalue weighted by molar-refractivity contribution is 5.94. The van der Waals surface area contributed by atoms with E-state index in [0.717, 1.165) is 5.56 Å². The molecule has 2 N–H and O–H groups in total. The highest BCUT2D eigenvalue weighted by Crippen LogP contribution is 2.22. The zero-order chi connectivity index (χ0) is 34.4. The summed E-state index contributed by atoms with van der Waals surface area (Å²) < 4.78 is 0. The van der Waals surface area contributed by atoms with Crippen molar-refractivity contribution in [1.82, 2.24) is 25.3 Å². The van der Waals surface area contributed by atoms with Gasteiger partial charge in [-0.3, -0.25) is 19.2 Å². The number of hydrogen-bond donors (Lipinski definition) is 2. The van der Waals surface area contributed by atoms with E-state index < -0.39 is 24.2 Å². The van der Waals surface area contributed by atoms with Crippen LogP contribution in [0.1, 0.15) is 86.6 Å². The van der Waals surface area contributed by atoms with Gasteiger partial charge < -0.3 is 25.3 Å². The monoisotopic (exact) mass is 629 g/mol. The first-order valence-electron chi connectivity index (χ1n) is 16.8. The lowest BCUT2D eigenvalue weighted by molar-refractivity contribution is -0.153. The van der Waals surface area contributed by atoms with Crippen molar-refractivity contribution >= 4 is 23.6 Å². The molecule has 256 valence electrons. The zero-order valence-corrected chi connectivity index (χ0v) is 30.2. The highest BCUT2D eigenvalue weighted by atomic mass is 16.2. The Labute approximate surface area is 273 Å². The van der Waals surface area contributed by atoms with Gasteiger partial charge in [-0.2, -0.15) is 0 Å². The Hall–Kier alpha value is -2.94. The average molecular weight is 630 g/mol. The first-order chi connectivity index (χ1) is 21.0. The smallest absolute Gasteiger partial charge is 0.245 e. The fraction of sp³-hybridized carbons (Fsp3) is 0.722. The van der Waals surface area contributed by atoms with Crippen molar-refractivity contribution in [1.29, 1.82) is 0 Å². The van der Waals surface area contributed by atoms with Crippen LogP contribution < -0.4 is 10.6 Å². The summed E-state index contributed by atoms with van der Waals surface area (Å²) in [6, 6.07) is 7.39. The molecule has 0 aliphatic heterocycles. The molecule has 45 heavy (non-hydrogen) atoms. The van der Waals surface area contributed by atoms with Gasteiger partial charge in [-0.1, -0.05) is 85.7 Å². The number of amides is 4. The van der Waals surface area contributed by atoms with Gasteiger partial charge in [-0.15, -0.1) is 0 Å². The molecule has 0 aromatic heterocycles. The molecule has 0 heterocycles. The Kier molecular flexibility index (Phi) is 17.4. The van der Waals surface area contributed by atoms with E-state index in [1.54, 1.807) is 33.1 Å². The SMILES string of the molecule is CN[C@H](CC(C)C)C(=O)N(C)[C@@H](CC(C)C)C(=O)N(C)[C@@H](CC(C)C)C(=O)N(C)[C@@H](CC(C)C)C(=O)NCCc1ccccc1. The third kappa shape index (κ3) is 13.1. The summed E-state index contributed by atoms with van der Waals surface area (Å²) in [4.78, 5) is 60.1. The molecule has 9 heteroatoms. The van der Waals surface area contributed by atoms with Crippen LogP contribution in [0.25, 0.3) is 0 Å². The summed E-state index contributed by atoms with van der Waals surface area (Å²) in [7, 11) is 6.79. The molecule has 0 radical (unpaired) electrons. The number of hydrogen-bond acceptors (Lipinski definition) is 5. The Morgan fingerprint density at radius 1 is 0.600 bits per heavy atom. The van der Waals surface area contributed by atoms with E-state index in [4.69, 9.17) is 0 Å². The minimum atomic E-state index is -0.775. The second-order valence-corrected chi connectivity index (χ2v) is 14.3. The van der Waals surface area contributed by atoms with Crippen LogP contribution in [0.5, 0.6) is 0 Å². The number of likely N-dealkylation sites (N-methyl/N-ethyl adjacent to an activating group) is 4. The summed E-state index contributed by atoms with van der Waals surface area (Å²) in [5, 5.41) is 6.16. The maximum atomic E-state index is 14.2. The van der Waals surface area contributed by atoms with Gasteiger partial charge >= 0.3 is 0 Å². The second-order valence-electron chi connectivity index (χ2n) is 14.3. The largest absolute Gasteiger partial charge is 0.354 e. The minimum absolute atomic E-state index is 0.119. The molecule has 1 rings (SSSR count). The molecule has 1 aromatic carbocycles. The van der Waals surface area contributed by atoms with Gasteiger partial charge in [0.15, 0.2) is 0 Å². The molecule has 4 amide bonds. The van der Waals surface area contributed by atoms with Crippen molar-refractivity contribution in [3.8, 4) is 0 Å². The van der Waals surface area contributed by atoms with Crippen molar-refractivity contribution in [3.63, 3.8) is 0 Å². The molecule has 0 bridgehead atoms. The average Bonchev–Trinajstić information content (AvgIpc) is 2.98. The molecular weight excluding hydrogens is 566 g/mol. The van der Waals surface area contributed by atoms with Crippen molar-refractivity contribution in [2.75, 3.05) is 34.7 Å². The maximum absolute atomic E-state index is 14.2. The van der Waals surface area contributed by atoms with Crippen molar-refractivity contribution in [2.45, 2.75) is 112 Å². The van der Waals surface area contributed by atoms with Crippen molar-refractivity contribution in [3.05, 3.63) is 35.9 Å². The predicted molar refractivity (Wildman–Crippen MR) is 183 cm³/mol. The highest BCUT2D eigenvalue weighted by Gasteiger charge is 2.39. The van der Waals surface area contributed by atoms with Gasteiger partial charge in [0.25, 0.3) is 0 Å². The van der Waals surface area contributed by atoms with E-state index in [2.05, 4.69) is 24.5 Å². The predicted octanol–water partition coefficient (Wildman–Crippen LogP) is 4.60. The quantitative estimate of drug-likeness (QED) is 0.233. The van der Waals surface area contributed by atoms with E-state index in [9.17, 15) is 19.2 Å². The first-order valence-corrected chi connectivity index (χ1v) is 16.8. The lowest BCUT2D eigenvalue weighted by Gasteiger charge is -2.39. The molecule has 0 fully saturated rings. The molecule has 0 unspecified atom stereocenters. The van der Waals surface area contributed by atoms with Crippen LogP contribution in [0.15, 0.2) is 30.3 Å². The van der Waals surface area contributed by atoms with Crippen LogP contribution in [0, 0.1) is 23.7 Å². The van der Waals surface area contributed by atoms with Crippen LogP contribution in [0.3, 0.4) is 0 Å². The Bertz CT molecular complexity index is 1060. The first kappa shape index (κ1) is 40.1. The number of rotatable bonds is 19. The summed E-state index contributed by atoms with van der Waals surface area (Å²) in [5.41, 5.74) is 1.13. The normalized spacial score (nSPS) is 14.3.